The van der Waals surface area contributed by atoms with Crippen LogP contribution in [-0.2, 0) is 6.54 Å². The molecule has 1 aromatic heterocycles. The van der Waals surface area contributed by atoms with Gasteiger partial charge in [0.05, 0.1) is 0 Å². The number of hydrogen-bond donors (Lipinski definition) is 2. The standard InChI is InChI=1S/C21H20N4O3/c1-14-2-4-15(5-3-14)13-23-21-22-9-8-17(25-21)20(26)24-16-6-7-18-19(12-16)28-11-10-27-18/h2-9,12H,10-11,13H2,1H3,(H,24,26)(H,22,23,25). The minimum absolute atomic E-state index is 0.274. The van der Waals surface area contributed by atoms with Crippen molar-refractivity contribution in [3.8, 4) is 11.5 Å². The Labute approximate surface area is 162 Å². The predicted molar refractivity (Wildman–Crippen MR) is 106 cm³/mol. The summed E-state index contributed by atoms with van der Waals surface area (Å²) in [6.45, 7) is 3.64. The molecule has 0 radical (unpaired) electrons. The van der Waals surface area contributed by atoms with Gasteiger partial charge >= 0.3 is 0 Å². The molecule has 4 rings (SSSR count). The van der Waals surface area contributed by atoms with Crippen LogP contribution in [0.4, 0.5) is 11.6 Å². The van der Waals surface area contributed by atoms with Gasteiger partial charge in [-0.2, -0.15) is 0 Å². The summed E-state index contributed by atoms with van der Waals surface area (Å²) in [5.74, 6) is 1.37. The monoisotopic (exact) mass is 376 g/mol. The predicted octanol–water partition coefficient (Wildman–Crippen LogP) is 3.42. The minimum Gasteiger partial charge on any atom is -0.486 e. The van der Waals surface area contributed by atoms with Crippen LogP contribution in [0.15, 0.2) is 54.7 Å². The second kappa shape index (κ2) is 7.96. The lowest BCUT2D eigenvalue weighted by Crippen LogP contribution is -2.17. The van der Waals surface area contributed by atoms with E-state index in [2.05, 4.69) is 32.7 Å². The summed E-state index contributed by atoms with van der Waals surface area (Å²) in [6, 6.07) is 15.0. The number of benzene rings is 2. The Kier molecular flexibility index (Phi) is 5.05. The zero-order valence-electron chi connectivity index (χ0n) is 15.4. The maximum Gasteiger partial charge on any atom is 0.274 e. The van der Waals surface area contributed by atoms with E-state index in [0.717, 1.165) is 5.56 Å². The van der Waals surface area contributed by atoms with Crippen LogP contribution in [0.3, 0.4) is 0 Å². The van der Waals surface area contributed by atoms with E-state index in [4.69, 9.17) is 9.47 Å². The zero-order chi connectivity index (χ0) is 19.3. The highest BCUT2D eigenvalue weighted by atomic mass is 16.6. The van der Waals surface area contributed by atoms with Crippen molar-refractivity contribution in [2.24, 2.45) is 0 Å². The number of hydrogen-bond acceptors (Lipinski definition) is 6. The summed E-state index contributed by atoms with van der Waals surface area (Å²) in [5.41, 5.74) is 3.21. The zero-order valence-corrected chi connectivity index (χ0v) is 15.4. The molecule has 0 bridgehead atoms. The van der Waals surface area contributed by atoms with E-state index in [1.807, 2.05) is 19.1 Å². The molecule has 0 saturated carbocycles. The molecular weight excluding hydrogens is 356 g/mol. The average Bonchev–Trinajstić information content (AvgIpc) is 2.73. The Morgan fingerprint density at radius 3 is 2.64 bits per heavy atom. The quantitative estimate of drug-likeness (QED) is 0.710. The van der Waals surface area contributed by atoms with Gasteiger partial charge in [-0.25, -0.2) is 9.97 Å². The average molecular weight is 376 g/mol. The second-order valence-corrected chi connectivity index (χ2v) is 6.42. The first-order valence-corrected chi connectivity index (χ1v) is 9.01. The number of aromatic nitrogens is 2. The molecule has 142 valence electrons. The van der Waals surface area contributed by atoms with E-state index in [9.17, 15) is 4.79 Å². The van der Waals surface area contributed by atoms with Crippen molar-refractivity contribution in [3.63, 3.8) is 0 Å². The summed E-state index contributed by atoms with van der Waals surface area (Å²) in [4.78, 5) is 21.0. The molecule has 0 saturated heterocycles. The summed E-state index contributed by atoms with van der Waals surface area (Å²) >= 11 is 0. The van der Waals surface area contributed by atoms with Crippen molar-refractivity contribution in [2.45, 2.75) is 13.5 Å². The van der Waals surface area contributed by atoms with Crippen LogP contribution in [-0.4, -0.2) is 29.1 Å². The molecule has 0 spiro atoms. The van der Waals surface area contributed by atoms with Crippen LogP contribution in [0.25, 0.3) is 0 Å². The van der Waals surface area contributed by atoms with E-state index >= 15 is 0 Å². The molecule has 3 aromatic rings. The number of carbonyl (C=O) groups is 1. The Morgan fingerprint density at radius 1 is 1.04 bits per heavy atom. The Hall–Kier alpha value is -3.61. The lowest BCUT2D eigenvalue weighted by molar-refractivity contribution is 0.102. The number of rotatable bonds is 5. The van der Waals surface area contributed by atoms with Gasteiger partial charge in [0.25, 0.3) is 5.91 Å². The molecule has 0 aliphatic carbocycles. The van der Waals surface area contributed by atoms with Gasteiger partial charge in [0.2, 0.25) is 5.95 Å². The number of amides is 1. The topological polar surface area (TPSA) is 85.4 Å². The van der Waals surface area contributed by atoms with Crippen molar-refractivity contribution in [3.05, 3.63) is 71.5 Å². The SMILES string of the molecule is Cc1ccc(CNc2nccc(C(=O)Nc3ccc4c(c3)OCCO4)n2)cc1. The third kappa shape index (κ3) is 4.20. The van der Waals surface area contributed by atoms with Gasteiger partial charge in [-0.05, 0) is 30.7 Å². The maximum absolute atomic E-state index is 12.5. The lowest BCUT2D eigenvalue weighted by Gasteiger charge is -2.19. The number of carbonyl (C=O) groups excluding carboxylic acids is 1. The van der Waals surface area contributed by atoms with Crippen LogP contribution in [0.5, 0.6) is 11.5 Å². The van der Waals surface area contributed by atoms with Gasteiger partial charge in [-0.15, -0.1) is 0 Å². The highest BCUT2D eigenvalue weighted by Crippen LogP contribution is 2.32. The minimum atomic E-state index is -0.322. The van der Waals surface area contributed by atoms with Crippen molar-refractivity contribution < 1.29 is 14.3 Å². The number of nitrogens with one attached hydrogen (secondary N) is 2. The molecule has 1 amide bonds. The maximum atomic E-state index is 12.5. The van der Waals surface area contributed by atoms with Gasteiger partial charge in [0.15, 0.2) is 11.5 Å². The fourth-order valence-corrected chi connectivity index (χ4v) is 2.77. The first-order chi connectivity index (χ1) is 13.7. The molecule has 1 aliphatic heterocycles. The summed E-state index contributed by atoms with van der Waals surface area (Å²) < 4.78 is 11.0. The fourth-order valence-electron chi connectivity index (χ4n) is 2.77. The normalized spacial score (nSPS) is 12.3. The Bertz CT molecular complexity index is 989. The Morgan fingerprint density at radius 2 is 1.82 bits per heavy atom. The van der Waals surface area contributed by atoms with Gasteiger partial charge < -0.3 is 20.1 Å². The first-order valence-electron chi connectivity index (χ1n) is 9.01. The molecule has 2 aromatic carbocycles. The smallest absolute Gasteiger partial charge is 0.274 e. The van der Waals surface area contributed by atoms with E-state index in [1.54, 1.807) is 30.5 Å². The molecule has 0 unspecified atom stereocenters. The molecule has 2 heterocycles. The number of nitrogens with zero attached hydrogens (tertiary/aromatic N) is 2. The third-order valence-electron chi connectivity index (χ3n) is 4.26. The number of ether oxygens (including phenoxy) is 2. The number of aryl methyl sites for hydroxylation is 1. The van der Waals surface area contributed by atoms with E-state index in [1.165, 1.54) is 5.56 Å². The summed E-state index contributed by atoms with van der Waals surface area (Å²) in [6.07, 6.45) is 1.56. The van der Waals surface area contributed by atoms with Crippen LogP contribution in [0.2, 0.25) is 0 Å². The number of anilines is 2. The van der Waals surface area contributed by atoms with Gasteiger partial charge in [0.1, 0.15) is 18.9 Å². The molecular formula is C21H20N4O3. The van der Waals surface area contributed by atoms with E-state index < -0.39 is 0 Å². The van der Waals surface area contributed by atoms with E-state index in [-0.39, 0.29) is 11.6 Å². The van der Waals surface area contributed by atoms with Crippen LogP contribution in [0, 0.1) is 6.92 Å². The van der Waals surface area contributed by atoms with Crippen molar-refractivity contribution >= 4 is 17.5 Å². The molecule has 1 aliphatic rings. The van der Waals surface area contributed by atoms with Crippen LogP contribution in [0.1, 0.15) is 21.6 Å². The molecule has 0 atom stereocenters. The second-order valence-electron chi connectivity index (χ2n) is 6.42. The van der Waals surface area contributed by atoms with Crippen molar-refractivity contribution in [1.29, 1.82) is 0 Å². The van der Waals surface area contributed by atoms with Gasteiger partial charge in [-0.3, -0.25) is 4.79 Å². The van der Waals surface area contributed by atoms with E-state index in [0.29, 0.717) is 42.9 Å². The van der Waals surface area contributed by atoms with Crippen molar-refractivity contribution in [2.75, 3.05) is 23.8 Å². The number of fused-ring (bicyclic) bond motifs is 1. The molecule has 28 heavy (non-hydrogen) atoms. The molecule has 2 N–H and O–H groups in total. The Balaban J connectivity index is 1.42. The fraction of sp³-hybridized carbons (Fsp3) is 0.190. The highest BCUT2D eigenvalue weighted by molar-refractivity contribution is 6.03. The molecule has 7 nitrogen and oxygen atoms in total. The van der Waals surface area contributed by atoms with Gasteiger partial charge in [-0.1, -0.05) is 29.8 Å². The molecule has 0 fully saturated rings. The largest absolute Gasteiger partial charge is 0.486 e. The third-order valence-corrected chi connectivity index (χ3v) is 4.26. The van der Waals surface area contributed by atoms with Crippen LogP contribution < -0.4 is 20.1 Å². The van der Waals surface area contributed by atoms with Crippen molar-refractivity contribution in [1.82, 2.24) is 9.97 Å². The first kappa shape index (κ1) is 17.8. The van der Waals surface area contributed by atoms with Gasteiger partial charge in [0, 0.05) is 24.5 Å². The summed E-state index contributed by atoms with van der Waals surface area (Å²) in [7, 11) is 0. The molecule has 7 heteroatoms. The van der Waals surface area contributed by atoms with Crippen LogP contribution >= 0.6 is 0 Å². The lowest BCUT2D eigenvalue weighted by atomic mass is 10.1. The summed E-state index contributed by atoms with van der Waals surface area (Å²) in [5, 5.41) is 5.96. The highest BCUT2D eigenvalue weighted by Gasteiger charge is 2.14.